The molecule has 3 rings (SSSR count). The van der Waals surface area contributed by atoms with Gasteiger partial charge in [0.2, 0.25) is 5.82 Å². The molecule has 0 unspecified atom stereocenters. The van der Waals surface area contributed by atoms with Gasteiger partial charge < -0.3 is 0 Å². The molecule has 0 bridgehead atoms. The number of carbonyl (C=O) groups is 1. The molecule has 1 N–H and O–H groups in total. The van der Waals surface area contributed by atoms with Crippen molar-refractivity contribution in [1.29, 1.82) is 0 Å². The van der Waals surface area contributed by atoms with E-state index < -0.39 is 0 Å². The molecule has 0 spiro atoms. The van der Waals surface area contributed by atoms with E-state index in [1.54, 1.807) is 18.2 Å². The summed E-state index contributed by atoms with van der Waals surface area (Å²) in [5, 5.41) is 16.4. The fourth-order valence-corrected chi connectivity index (χ4v) is 2.14. The number of tetrazole rings is 1. The smallest absolute Gasteiger partial charge is 0.263 e. The number of aromatic nitrogens is 4. The number of amides is 1. The Morgan fingerprint density at radius 2 is 2.04 bits per heavy atom. The van der Waals surface area contributed by atoms with E-state index in [4.69, 9.17) is 11.6 Å². The highest BCUT2D eigenvalue weighted by molar-refractivity contribution is 6.30. The van der Waals surface area contributed by atoms with E-state index in [2.05, 4.69) is 25.9 Å². The second-order valence-electron chi connectivity index (χ2n) is 4.86. The second-order valence-corrected chi connectivity index (χ2v) is 5.29. The van der Waals surface area contributed by atoms with Gasteiger partial charge in [-0.1, -0.05) is 54.1 Å². The van der Waals surface area contributed by atoms with Crippen LogP contribution in [0.3, 0.4) is 0 Å². The van der Waals surface area contributed by atoms with Gasteiger partial charge in [-0.25, -0.2) is 5.43 Å². The van der Waals surface area contributed by atoms with E-state index in [1.165, 1.54) is 11.0 Å². The van der Waals surface area contributed by atoms with Crippen LogP contribution in [-0.2, 0) is 11.3 Å². The van der Waals surface area contributed by atoms with Crippen molar-refractivity contribution in [3.8, 4) is 11.4 Å². The number of nitrogens with one attached hydrogen (secondary N) is 1. The number of hydrazone groups is 1. The van der Waals surface area contributed by atoms with Crippen molar-refractivity contribution in [2.24, 2.45) is 5.10 Å². The Bertz CT molecular complexity index is 862. The van der Waals surface area contributed by atoms with Gasteiger partial charge in [-0.15, -0.1) is 10.2 Å². The van der Waals surface area contributed by atoms with Crippen LogP contribution in [0.5, 0.6) is 0 Å². The van der Waals surface area contributed by atoms with Gasteiger partial charge in [-0.05, 0) is 22.9 Å². The average molecular weight is 341 g/mol. The zero-order valence-corrected chi connectivity index (χ0v) is 13.3. The molecule has 8 heteroatoms. The highest BCUT2D eigenvalue weighted by atomic mass is 35.5. The molecular formula is C16H13ClN6O. The molecule has 0 radical (unpaired) electrons. The minimum atomic E-state index is -0.356. The normalized spacial score (nSPS) is 10.9. The lowest BCUT2D eigenvalue weighted by Gasteiger charge is -1.98. The van der Waals surface area contributed by atoms with Crippen molar-refractivity contribution in [3.05, 3.63) is 65.2 Å². The van der Waals surface area contributed by atoms with Crippen LogP contribution in [0.1, 0.15) is 5.56 Å². The number of carbonyl (C=O) groups excluding carboxylic acids is 1. The summed E-state index contributed by atoms with van der Waals surface area (Å²) in [5.41, 5.74) is 4.03. The molecule has 120 valence electrons. The van der Waals surface area contributed by atoms with Crippen LogP contribution in [0.4, 0.5) is 0 Å². The van der Waals surface area contributed by atoms with Gasteiger partial charge in [0.1, 0.15) is 6.54 Å². The number of nitrogens with zero attached hydrogens (tertiary/aromatic N) is 5. The predicted octanol–water partition coefficient (Wildman–Crippen LogP) is 2.14. The Morgan fingerprint density at radius 1 is 1.21 bits per heavy atom. The van der Waals surface area contributed by atoms with Crippen LogP contribution in [0.2, 0.25) is 5.02 Å². The summed E-state index contributed by atoms with van der Waals surface area (Å²) in [6.07, 6.45) is 1.51. The molecule has 2 aromatic carbocycles. The Balaban J connectivity index is 1.57. The molecule has 24 heavy (non-hydrogen) atoms. The van der Waals surface area contributed by atoms with Crippen molar-refractivity contribution in [2.75, 3.05) is 0 Å². The first-order valence-electron chi connectivity index (χ1n) is 7.11. The van der Waals surface area contributed by atoms with Crippen molar-refractivity contribution < 1.29 is 4.79 Å². The van der Waals surface area contributed by atoms with Crippen LogP contribution < -0.4 is 5.43 Å². The van der Waals surface area contributed by atoms with E-state index in [-0.39, 0.29) is 12.5 Å². The van der Waals surface area contributed by atoms with Crippen LogP contribution >= 0.6 is 11.6 Å². The van der Waals surface area contributed by atoms with Gasteiger partial charge >= 0.3 is 0 Å². The predicted molar refractivity (Wildman–Crippen MR) is 90.4 cm³/mol. The Labute approximate surface area is 143 Å². The Kier molecular flexibility index (Phi) is 4.93. The molecule has 0 aliphatic heterocycles. The number of hydrogen-bond donors (Lipinski definition) is 1. The second kappa shape index (κ2) is 7.47. The molecule has 1 aromatic heterocycles. The summed E-state index contributed by atoms with van der Waals surface area (Å²) in [5.74, 6) is 0.108. The summed E-state index contributed by atoms with van der Waals surface area (Å²) >= 11 is 5.87. The third-order valence-corrected chi connectivity index (χ3v) is 3.26. The fourth-order valence-electron chi connectivity index (χ4n) is 1.94. The summed E-state index contributed by atoms with van der Waals surface area (Å²) in [6.45, 7) is -0.0767. The van der Waals surface area contributed by atoms with Crippen molar-refractivity contribution >= 4 is 23.7 Å². The number of hydrogen-bond acceptors (Lipinski definition) is 5. The molecule has 0 saturated heterocycles. The van der Waals surface area contributed by atoms with E-state index in [0.29, 0.717) is 10.8 Å². The summed E-state index contributed by atoms with van der Waals surface area (Å²) < 4.78 is 0. The number of benzene rings is 2. The van der Waals surface area contributed by atoms with E-state index >= 15 is 0 Å². The lowest BCUT2D eigenvalue weighted by atomic mass is 10.2. The van der Waals surface area contributed by atoms with Crippen LogP contribution in [0.25, 0.3) is 11.4 Å². The van der Waals surface area contributed by atoms with E-state index in [1.807, 2.05) is 36.4 Å². The van der Waals surface area contributed by atoms with Crippen molar-refractivity contribution in [1.82, 2.24) is 25.6 Å². The first kappa shape index (κ1) is 15.8. The first-order chi connectivity index (χ1) is 11.7. The first-order valence-corrected chi connectivity index (χ1v) is 7.49. The van der Waals surface area contributed by atoms with Gasteiger partial charge in [-0.2, -0.15) is 9.90 Å². The fraction of sp³-hybridized carbons (Fsp3) is 0.0625. The van der Waals surface area contributed by atoms with E-state index in [0.717, 1.165) is 11.1 Å². The summed E-state index contributed by atoms with van der Waals surface area (Å²) in [6, 6.07) is 16.5. The molecule has 0 aliphatic rings. The molecule has 0 aliphatic carbocycles. The van der Waals surface area contributed by atoms with Gasteiger partial charge in [0, 0.05) is 10.6 Å². The zero-order valence-electron chi connectivity index (χ0n) is 12.5. The lowest BCUT2D eigenvalue weighted by Crippen LogP contribution is -2.24. The quantitative estimate of drug-likeness (QED) is 0.569. The average Bonchev–Trinajstić information content (AvgIpc) is 3.04. The van der Waals surface area contributed by atoms with Gasteiger partial charge in [-0.3, -0.25) is 4.79 Å². The maximum atomic E-state index is 11.8. The minimum absolute atomic E-state index is 0.0767. The van der Waals surface area contributed by atoms with E-state index in [9.17, 15) is 4.79 Å². The van der Waals surface area contributed by atoms with Gasteiger partial charge in [0.05, 0.1) is 6.21 Å². The van der Waals surface area contributed by atoms with Crippen molar-refractivity contribution in [3.63, 3.8) is 0 Å². The summed E-state index contributed by atoms with van der Waals surface area (Å²) in [7, 11) is 0. The SMILES string of the molecule is O=C(Cn1nnc(-c2ccccc2)n1)N/N=C/c1cccc(Cl)c1. The van der Waals surface area contributed by atoms with Crippen LogP contribution in [0.15, 0.2) is 59.7 Å². The standard InChI is InChI=1S/C16H13ClN6O/c17-14-8-4-5-12(9-14)10-18-19-15(24)11-23-21-16(20-22-23)13-6-2-1-3-7-13/h1-10H,11H2,(H,19,24)/b18-10+. The highest BCUT2D eigenvalue weighted by Gasteiger charge is 2.08. The lowest BCUT2D eigenvalue weighted by molar-refractivity contribution is -0.122. The third kappa shape index (κ3) is 4.23. The largest absolute Gasteiger partial charge is 0.271 e. The molecule has 0 fully saturated rings. The zero-order chi connectivity index (χ0) is 16.8. The molecule has 0 saturated carbocycles. The van der Waals surface area contributed by atoms with Gasteiger partial charge in [0.15, 0.2) is 0 Å². The molecule has 0 atom stereocenters. The monoisotopic (exact) mass is 340 g/mol. The molecule has 3 aromatic rings. The van der Waals surface area contributed by atoms with Crippen LogP contribution in [-0.4, -0.2) is 32.3 Å². The molecule has 1 amide bonds. The third-order valence-electron chi connectivity index (χ3n) is 3.02. The maximum absolute atomic E-state index is 11.8. The topological polar surface area (TPSA) is 85.1 Å². The molecule has 7 nitrogen and oxygen atoms in total. The molecule has 1 heterocycles. The number of rotatable bonds is 5. The van der Waals surface area contributed by atoms with Gasteiger partial charge in [0.25, 0.3) is 5.91 Å². The van der Waals surface area contributed by atoms with Crippen LogP contribution in [0, 0.1) is 0 Å². The molecular weight excluding hydrogens is 328 g/mol. The highest BCUT2D eigenvalue weighted by Crippen LogP contribution is 2.11. The Hall–Kier alpha value is -3.06. The minimum Gasteiger partial charge on any atom is -0.271 e. The Morgan fingerprint density at radius 3 is 2.83 bits per heavy atom. The maximum Gasteiger partial charge on any atom is 0.263 e. The summed E-state index contributed by atoms with van der Waals surface area (Å²) in [4.78, 5) is 13.1. The van der Waals surface area contributed by atoms with Crippen molar-refractivity contribution in [2.45, 2.75) is 6.54 Å². The number of halogens is 1.